The van der Waals surface area contributed by atoms with E-state index in [-0.39, 0.29) is 17.9 Å². The molecule has 1 saturated heterocycles. The van der Waals surface area contributed by atoms with E-state index in [0.29, 0.717) is 5.92 Å². The van der Waals surface area contributed by atoms with Crippen LogP contribution < -0.4 is 10.5 Å². The summed E-state index contributed by atoms with van der Waals surface area (Å²) in [5.41, 5.74) is 5.82. The van der Waals surface area contributed by atoms with Crippen molar-refractivity contribution in [1.82, 2.24) is 4.90 Å². The van der Waals surface area contributed by atoms with Crippen molar-refractivity contribution in [1.29, 1.82) is 0 Å². The number of nitrogens with two attached hydrogens (primary N) is 1. The van der Waals surface area contributed by atoms with Crippen LogP contribution in [0.4, 0.5) is 0 Å². The molecule has 1 heterocycles. The summed E-state index contributed by atoms with van der Waals surface area (Å²) in [6.07, 6.45) is 2.01. The van der Waals surface area contributed by atoms with Crippen molar-refractivity contribution in [3.05, 3.63) is 30.3 Å². The van der Waals surface area contributed by atoms with Crippen LogP contribution in [0.5, 0.6) is 5.75 Å². The molecule has 1 amide bonds. The number of hydrogen-bond donors (Lipinski definition) is 1. The largest absolute Gasteiger partial charge is 0.493 e. The maximum atomic E-state index is 12.2. The lowest BCUT2D eigenvalue weighted by molar-refractivity contribution is -0.137. The van der Waals surface area contributed by atoms with Gasteiger partial charge >= 0.3 is 0 Å². The Morgan fingerprint density at radius 1 is 1.29 bits per heavy atom. The zero-order valence-electron chi connectivity index (χ0n) is 13.0. The summed E-state index contributed by atoms with van der Waals surface area (Å²) in [6.45, 7) is 6.17. The van der Waals surface area contributed by atoms with Crippen LogP contribution in [0.2, 0.25) is 0 Å². The predicted molar refractivity (Wildman–Crippen MR) is 84.1 cm³/mol. The highest BCUT2D eigenvalue weighted by Gasteiger charge is 2.27. The van der Waals surface area contributed by atoms with Crippen LogP contribution in [0.15, 0.2) is 30.3 Å². The Kier molecular flexibility index (Phi) is 5.62. The third kappa shape index (κ3) is 4.46. The van der Waals surface area contributed by atoms with E-state index >= 15 is 0 Å². The van der Waals surface area contributed by atoms with Crippen molar-refractivity contribution in [2.75, 3.05) is 19.7 Å². The molecular weight excluding hydrogens is 264 g/mol. The van der Waals surface area contributed by atoms with Crippen molar-refractivity contribution in [2.24, 2.45) is 17.6 Å². The molecule has 1 aromatic carbocycles. The van der Waals surface area contributed by atoms with Crippen LogP contribution in [0.1, 0.15) is 26.7 Å². The molecule has 0 aromatic heterocycles. The Hall–Kier alpha value is -1.55. The number of nitrogens with zero attached hydrogens (tertiary/aromatic N) is 1. The second-order valence-corrected chi connectivity index (χ2v) is 6.04. The first-order valence-corrected chi connectivity index (χ1v) is 7.80. The minimum Gasteiger partial charge on any atom is -0.493 e. The standard InChI is InChI=1S/C17H26N2O2/c1-13(14(2)18)17(20)19-10-8-15(9-11-19)12-21-16-6-4-3-5-7-16/h3-7,13-15H,8-12,18H2,1-2H3. The lowest BCUT2D eigenvalue weighted by atomic mass is 9.95. The van der Waals surface area contributed by atoms with Crippen LogP contribution in [0.25, 0.3) is 0 Å². The van der Waals surface area contributed by atoms with Gasteiger partial charge in [-0.3, -0.25) is 4.79 Å². The molecule has 0 radical (unpaired) electrons. The van der Waals surface area contributed by atoms with E-state index in [1.165, 1.54) is 0 Å². The highest BCUT2D eigenvalue weighted by molar-refractivity contribution is 5.79. The highest BCUT2D eigenvalue weighted by Crippen LogP contribution is 2.21. The lowest BCUT2D eigenvalue weighted by Crippen LogP contribution is -2.45. The fourth-order valence-corrected chi connectivity index (χ4v) is 2.56. The maximum absolute atomic E-state index is 12.2. The summed E-state index contributed by atoms with van der Waals surface area (Å²) < 4.78 is 5.80. The van der Waals surface area contributed by atoms with E-state index in [0.717, 1.165) is 38.3 Å². The van der Waals surface area contributed by atoms with Crippen LogP contribution in [-0.4, -0.2) is 36.5 Å². The van der Waals surface area contributed by atoms with Gasteiger partial charge in [-0.25, -0.2) is 0 Å². The zero-order chi connectivity index (χ0) is 15.2. The molecule has 4 heteroatoms. The minimum atomic E-state index is -0.0953. The van der Waals surface area contributed by atoms with Crippen LogP contribution in [0.3, 0.4) is 0 Å². The van der Waals surface area contributed by atoms with Gasteiger partial charge in [-0.1, -0.05) is 25.1 Å². The molecule has 4 nitrogen and oxygen atoms in total. The summed E-state index contributed by atoms with van der Waals surface area (Å²) in [4.78, 5) is 14.2. The summed E-state index contributed by atoms with van der Waals surface area (Å²) in [7, 11) is 0. The first-order valence-electron chi connectivity index (χ1n) is 7.80. The van der Waals surface area contributed by atoms with Crippen molar-refractivity contribution in [3.63, 3.8) is 0 Å². The third-order valence-corrected chi connectivity index (χ3v) is 4.33. The minimum absolute atomic E-state index is 0.0864. The Balaban J connectivity index is 1.74. The smallest absolute Gasteiger partial charge is 0.226 e. The van der Waals surface area contributed by atoms with Crippen molar-refractivity contribution in [3.8, 4) is 5.75 Å². The van der Waals surface area contributed by atoms with Gasteiger partial charge in [0, 0.05) is 19.1 Å². The predicted octanol–water partition coefficient (Wildman–Crippen LogP) is 2.29. The zero-order valence-corrected chi connectivity index (χ0v) is 13.0. The van der Waals surface area contributed by atoms with Gasteiger partial charge in [0.1, 0.15) is 5.75 Å². The Bertz CT molecular complexity index is 439. The molecule has 1 aliphatic heterocycles. The highest BCUT2D eigenvalue weighted by atomic mass is 16.5. The molecule has 1 aliphatic rings. The quantitative estimate of drug-likeness (QED) is 0.905. The molecule has 1 aromatic rings. The Morgan fingerprint density at radius 3 is 2.48 bits per heavy atom. The van der Waals surface area contributed by atoms with Gasteiger partial charge in [0.2, 0.25) is 5.91 Å². The van der Waals surface area contributed by atoms with Crippen molar-refractivity contribution in [2.45, 2.75) is 32.7 Å². The number of likely N-dealkylation sites (tertiary alicyclic amines) is 1. The summed E-state index contributed by atoms with van der Waals surface area (Å²) in [5.74, 6) is 1.54. The van der Waals surface area contributed by atoms with Gasteiger partial charge in [-0.15, -0.1) is 0 Å². The Morgan fingerprint density at radius 2 is 1.90 bits per heavy atom. The van der Waals surface area contributed by atoms with Crippen LogP contribution in [0, 0.1) is 11.8 Å². The number of carbonyl (C=O) groups is 1. The topological polar surface area (TPSA) is 55.6 Å². The number of piperidine rings is 1. The first kappa shape index (κ1) is 15.8. The molecule has 0 aliphatic carbocycles. The fraction of sp³-hybridized carbons (Fsp3) is 0.588. The number of amides is 1. The Labute approximate surface area is 127 Å². The second kappa shape index (κ2) is 7.46. The summed E-state index contributed by atoms with van der Waals surface area (Å²) in [5, 5.41) is 0. The van der Waals surface area contributed by atoms with Gasteiger partial charge in [0.15, 0.2) is 0 Å². The normalized spacial score (nSPS) is 19.1. The average Bonchev–Trinajstić information content (AvgIpc) is 2.53. The maximum Gasteiger partial charge on any atom is 0.226 e. The van der Waals surface area contributed by atoms with Gasteiger partial charge in [0.05, 0.1) is 12.5 Å². The molecule has 0 saturated carbocycles. The van der Waals surface area contributed by atoms with Crippen LogP contribution in [-0.2, 0) is 4.79 Å². The molecule has 116 valence electrons. The molecule has 0 spiro atoms. The van der Waals surface area contributed by atoms with E-state index in [1.807, 2.05) is 49.1 Å². The van der Waals surface area contributed by atoms with Gasteiger partial charge in [0.25, 0.3) is 0 Å². The number of hydrogen-bond acceptors (Lipinski definition) is 3. The number of benzene rings is 1. The van der Waals surface area contributed by atoms with Crippen molar-refractivity contribution >= 4 is 5.91 Å². The van der Waals surface area contributed by atoms with Crippen molar-refractivity contribution < 1.29 is 9.53 Å². The van der Waals surface area contributed by atoms with E-state index in [2.05, 4.69) is 0 Å². The lowest BCUT2D eigenvalue weighted by Gasteiger charge is -2.34. The molecule has 2 atom stereocenters. The molecule has 21 heavy (non-hydrogen) atoms. The first-order chi connectivity index (χ1) is 10.1. The monoisotopic (exact) mass is 290 g/mol. The SMILES string of the molecule is CC(N)C(C)C(=O)N1CCC(COc2ccccc2)CC1. The van der Waals surface area contributed by atoms with E-state index < -0.39 is 0 Å². The van der Waals surface area contributed by atoms with E-state index in [1.54, 1.807) is 0 Å². The molecule has 2 N–H and O–H groups in total. The summed E-state index contributed by atoms with van der Waals surface area (Å²) in [6, 6.07) is 9.80. The second-order valence-electron chi connectivity index (χ2n) is 6.04. The molecular formula is C17H26N2O2. The number of para-hydroxylation sites is 1. The van der Waals surface area contributed by atoms with Crippen LogP contribution >= 0.6 is 0 Å². The average molecular weight is 290 g/mol. The molecule has 2 rings (SSSR count). The summed E-state index contributed by atoms with van der Waals surface area (Å²) >= 11 is 0. The number of rotatable bonds is 5. The number of carbonyl (C=O) groups excluding carboxylic acids is 1. The molecule has 2 unspecified atom stereocenters. The van der Waals surface area contributed by atoms with Gasteiger partial charge < -0.3 is 15.4 Å². The molecule has 1 fully saturated rings. The van der Waals surface area contributed by atoms with Gasteiger partial charge in [-0.05, 0) is 37.8 Å². The molecule has 0 bridgehead atoms. The van der Waals surface area contributed by atoms with E-state index in [4.69, 9.17) is 10.5 Å². The fourth-order valence-electron chi connectivity index (χ4n) is 2.56. The third-order valence-electron chi connectivity index (χ3n) is 4.33. The van der Waals surface area contributed by atoms with Gasteiger partial charge in [-0.2, -0.15) is 0 Å². The number of ether oxygens (including phenoxy) is 1. The van der Waals surface area contributed by atoms with E-state index in [9.17, 15) is 4.79 Å².